The Morgan fingerprint density at radius 3 is 3.00 bits per heavy atom. The molecule has 0 amide bonds. The lowest BCUT2D eigenvalue weighted by molar-refractivity contribution is 0.731. The van der Waals surface area contributed by atoms with E-state index >= 15 is 0 Å². The summed E-state index contributed by atoms with van der Waals surface area (Å²) in [5.74, 6) is 5.88. The highest BCUT2D eigenvalue weighted by molar-refractivity contribution is 9.10. The Morgan fingerprint density at radius 1 is 1.50 bits per heavy atom. The third-order valence-corrected chi connectivity index (χ3v) is 2.95. The number of anilines is 1. The lowest BCUT2D eigenvalue weighted by Gasteiger charge is -2.08. The van der Waals surface area contributed by atoms with Crippen molar-refractivity contribution in [2.75, 3.05) is 5.43 Å². The average Bonchev–Trinajstić information content (AvgIpc) is 2.35. The molecule has 0 saturated heterocycles. The van der Waals surface area contributed by atoms with E-state index in [0.717, 1.165) is 10.2 Å². The topological polar surface area (TPSA) is 72.9 Å². The van der Waals surface area contributed by atoms with Crippen molar-refractivity contribution < 1.29 is 0 Å². The number of hydrogen-bond acceptors (Lipinski definition) is 4. The van der Waals surface area contributed by atoms with E-state index < -0.39 is 0 Å². The maximum Gasteiger partial charge on any atom is 0.253 e. The molecule has 0 fully saturated rings. The summed E-state index contributed by atoms with van der Waals surface area (Å²) < 4.78 is 2.48. The third kappa shape index (κ3) is 2.77. The largest absolute Gasteiger partial charge is 0.308 e. The maximum atomic E-state index is 12.0. The predicted molar refractivity (Wildman–Crippen MR) is 74.3 cm³/mol. The van der Waals surface area contributed by atoms with E-state index in [2.05, 4.69) is 26.3 Å². The van der Waals surface area contributed by atoms with Crippen molar-refractivity contribution in [1.29, 1.82) is 0 Å². The summed E-state index contributed by atoms with van der Waals surface area (Å²) in [5, 5.41) is 0. The van der Waals surface area contributed by atoms with Crippen molar-refractivity contribution in [1.82, 2.24) is 9.55 Å². The third-order valence-electron chi connectivity index (χ3n) is 2.52. The number of halogens is 1. The molecule has 2 aromatic heterocycles. The minimum Gasteiger partial charge on any atom is -0.308 e. The summed E-state index contributed by atoms with van der Waals surface area (Å²) in [6, 6.07) is 7.25. The highest BCUT2D eigenvalue weighted by Crippen LogP contribution is 2.10. The van der Waals surface area contributed by atoms with Crippen LogP contribution >= 0.6 is 15.9 Å². The van der Waals surface area contributed by atoms with E-state index in [-0.39, 0.29) is 5.56 Å². The number of hydrazine groups is 1. The lowest BCUT2D eigenvalue weighted by atomic mass is 10.3. The molecular weight excluding hydrogens is 296 g/mol. The Balaban J connectivity index is 2.36. The number of aryl methyl sites for hydroxylation is 1. The predicted octanol–water partition coefficient (Wildman–Crippen LogP) is 1.65. The summed E-state index contributed by atoms with van der Waals surface area (Å²) >= 11 is 3.38. The van der Waals surface area contributed by atoms with Gasteiger partial charge in [-0.05, 0) is 41.1 Å². The Bertz CT molecular complexity index is 624. The molecule has 0 saturated carbocycles. The van der Waals surface area contributed by atoms with E-state index in [1.54, 1.807) is 29.8 Å². The molecule has 2 rings (SSSR count). The van der Waals surface area contributed by atoms with Gasteiger partial charge in [0.05, 0.1) is 12.2 Å². The van der Waals surface area contributed by atoms with Gasteiger partial charge in [-0.3, -0.25) is 4.79 Å². The average molecular weight is 309 g/mol. The number of nitrogens with two attached hydrogens (primary N) is 1. The molecular formula is C12H13BrN4O. The first-order chi connectivity index (χ1) is 8.60. The van der Waals surface area contributed by atoms with Crippen LogP contribution in [0.4, 0.5) is 5.82 Å². The van der Waals surface area contributed by atoms with Gasteiger partial charge in [-0.1, -0.05) is 6.07 Å². The fourth-order valence-electron chi connectivity index (χ4n) is 1.68. The van der Waals surface area contributed by atoms with E-state index in [1.165, 1.54) is 0 Å². The first-order valence-electron chi connectivity index (χ1n) is 5.39. The van der Waals surface area contributed by atoms with Gasteiger partial charge < -0.3 is 9.99 Å². The Morgan fingerprint density at radius 2 is 2.28 bits per heavy atom. The number of pyridine rings is 2. The summed E-state index contributed by atoms with van der Waals surface area (Å²) in [4.78, 5) is 16.2. The van der Waals surface area contributed by atoms with Crippen LogP contribution < -0.4 is 16.8 Å². The van der Waals surface area contributed by atoms with Crippen LogP contribution in [-0.4, -0.2) is 9.55 Å². The Kier molecular flexibility index (Phi) is 3.78. The van der Waals surface area contributed by atoms with Gasteiger partial charge in [0.2, 0.25) is 0 Å². The lowest BCUT2D eigenvalue weighted by Crippen LogP contribution is -2.22. The number of nitrogen functional groups attached to an aromatic ring is 1. The normalized spacial score (nSPS) is 10.4. The molecule has 0 aliphatic heterocycles. The molecule has 0 aliphatic rings. The van der Waals surface area contributed by atoms with Crippen LogP contribution in [0.5, 0.6) is 0 Å². The summed E-state index contributed by atoms with van der Waals surface area (Å²) in [6.07, 6.45) is 1.75. The minimum atomic E-state index is -0.0221. The summed E-state index contributed by atoms with van der Waals surface area (Å²) in [6.45, 7) is 2.20. The molecule has 18 heavy (non-hydrogen) atoms. The van der Waals surface area contributed by atoms with E-state index in [0.29, 0.717) is 17.9 Å². The van der Waals surface area contributed by atoms with Crippen molar-refractivity contribution >= 4 is 21.7 Å². The van der Waals surface area contributed by atoms with Crippen molar-refractivity contribution in [2.24, 2.45) is 5.84 Å². The zero-order valence-electron chi connectivity index (χ0n) is 9.85. The number of rotatable bonds is 3. The molecule has 6 heteroatoms. The second kappa shape index (κ2) is 5.32. The first-order valence-corrected chi connectivity index (χ1v) is 6.18. The number of nitrogens with one attached hydrogen (secondary N) is 1. The fraction of sp³-hybridized carbons (Fsp3) is 0.167. The molecule has 0 bridgehead atoms. The van der Waals surface area contributed by atoms with Gasteiger partial charge in [-0.2, -0.15) is 0 Å². The van der Waals surface area contributed by atoms with Crippen molar-refractivity contribution in [3.05, 3.63) is 56.5 Å². The summed E-state index contributed by atoms with van der Waals surface area (Å²) in [7, 11) is 0. The van der Waals surface area contributed by atoms with Crippen molar-refractivity contribution in [3.63, 3.8) is 0 Å². The number of nitrogens with zero attached hydrogens (tertiary/aromatic N) is 2. The van der Waals surface area contributed by atoms with Gasteiger partial charge in [0.1, 0.15) is 5.82 Å². The Labute approximate surface area is 113 Å². The van der Waals surface area contributed by atoms with E-state index in [1.807, 2.05) is 12.1 Å². The smallest absolute Gasteiger partial charge is 0.253 e. The molecule has 2 heterocycles. The van der Waals surface area contributed by atoms with Crippen LogP contribution in [0.1, 0.15) is 11.3 Å². The second-order valence-corrected chi connectivity index (χ2v) is 4.85. The first kappa shape index (κ1) is 12.8. The molecule has 2 aromatic rings. The molecule has 0 spiro atoms. The van der Waals surface area contributed by atoms with Gasteiger partial charge >= 0.3 is 0 Å². The SMILES string of the molecule is Cc1cc(Br)cn(Cc2cccc(NN)n2)c1=O. The van der Waals surface area contributed by atoms with Crippen molar-refractivity contribution in [2.45, 2.75) is 13.5 Å². The molecule has 0 atom stereocenters. The second-order valence-electron chi connectivity index (χ2n) is 3.93. The molecule has 5 nitrogen and oxygen atoms in total. The van der Waals surface area contributed by atoms with Crippen LogP contribution in [0, 0.1) is 6.92 Å². The molecule has 0 unspecified atom stereocenters. The molecule has 3 N–H and O–H groups in total. The van der Waals surface area contributed by atoms with E-state index in [4.69, 9.17) is 5.84 Å². The van der Waals surface area contributed by atoms with Crippen LogP contribution in [0.25, 0.3) is 0 Å². The quantitative estimate of drug-likeness (QED) is 0.668. The summed E-state index contributed by atoms with van der Waals surface area (Å²) in [5.41, 5.74) is 3.92. The van der Waals surface area contributed by atoms with Gasteiger partial charge in [0.15, 0.2) is 0 Å². The highest BCUT2D eigenvalue weighted by Gasteiger charge is 2.04. The molecule has 94 valence electrons. The monoisotopic (exact) mass is 308 g/mol. The van der Waals surface area contributed by atoms with Gasteiger partial charge in [-0.25, -0.2) is 10.8 Å². The maximum absolute atomic E-state index is 12.0. The minimum absolute atomic E-state index is 0.0221. The zero-order valence-corrected chi connectivity index (χ0v) is 11.4. The number of hydrogen-bond donors (Lipinski definition) is 2. The van der Waals surface area contributed by atoms with Crippen LogP contribution in [0.3, 0.4) is 0 Å². The van der Waals surface area contributed by atoms with Crippen LogP contribution in [0.2, 0.25) is 0 Å². The van der Waals surface area contributed by atoms with E-state index in [9.17, 15) is 4.79 Å². The molecule has 0 aliphatic carbocycles. The Hall–Kier alpha value is -1.66. The van der Waals surface area contributed by atoms with Gasteiger partial charge in [-0.15, -0.1) is 0 Å². The highest BCUT2D eigenvalue weighted by atomic mass is 79.9. The van der Waals surface area contributed by atoms with Crippen LogP contribution in [-0.2, 0) is 6.54 Å². The van der Waals surface area contributed by atoms with Gasteiger partial charge in [0.25, 0.3) is 5.56 Å². The van der Waals surface area contributed by atoms with Crippen molar-refractivity contribution in [3.8, 4) is 0 Å². The standard InChI is InChI=1S/C12H13BrN4O/c1-8-5-9(13)6-17(12(8)18)7-10-3-2-4-11(15-10)16-14/h2-6H,7,14H2,1H3,(H,15,16). The van der Waals surface area contributed by atoms with Crippen LogP contribution in [0.15, 0.2) is 39.7 Å². The fourth-order valence-corrected chi connectivity index (χ4v) is 2.27. The molecule has 0 radical (unpaired) electrons. The number of aromatic nitrogens is 2. The zero-order chi connectivity index (χ0) is 13.1. The van der Waals surface area contributed by atoms with Gasteiger partial charge in [0, 0.05) is 16.2 Å². The molecule has 0 aromatic carbocycles.